The van der Waals surface area contributed by atoms with Crippen LogP contribution in [0.4, 0.5) is 18.9 Å². The molecule has 0 bridgehead atoms. The number of amides is 3. The van der Waals surface area contributed by atoms with Gasteiger partial charge in [0.15, 0.2) is 0 Å². The quantitative estimate of drug-likeness (QED) is 0.653. The van der Waals surface area contributed by atoms with Crippen LogP contribution in [-0.4, -0.2) is 61.9 Å². The van der Waals surface area contributed by atoms with Crippen LogP contribution < -0.4 is 15.5 Å². The van der Waals surface area contributed by atoms with Crippen molar-refractivity contribution in [3.63, 3.8) is 0 Å². The fourth-order valence-corrected chi connectivity index (χ4v) is 4.64. The molecule has 0 radical (unpaired) electrons. The maximum absolute atomic E-state index is 14.1. The maximum atomic E-state index is 14.1. The Bertz CT molecular complexity index is 956. The number of carbonyl (C=O) groups is 3. The van der Waals surface area contributed by atoms with Crippen molar-refractivity contribution in [1.82, 2.24) is 15.5 Å². The number of fused-ring (bicyclic) bond motifs is 1. The minimum absolute atomic E-state index is 0.0996. The molecule has 10 heteroatoms. The highest BCUT2D eigenvalue weighted by Gasteiger charge is 2.43. The Balaban J connectivity index is 2.04. The molecule has 188 valence electrons. The zero-order chi connectivity index (χ0) is 25.3. The Kier molecular flexibility index (Phi) is 7.59. The van der Waals surface area contributed by atoms with Crippen molar-refractivity contribution in [2.45, 2.75) is 58.7 Å². The Morgan fingerprint density at radius 2 is 2.00 bits per heavy atom. The first-order chi connectivity index (χ1) is 15.9. The molecule has 0 aliphatic carbocycles. The molecule has 0 unspecified atom stereocenters. The SMILES string of the molecule is CCC(=O)NCCN1C(=O)C(C)(C)Cc2cc(C(F)(F)F)c(C(=O)N(C)[C@@H]3CCCNC3)cc21. The van der Waals surface area contributed by atoms with Gasteiger partial charge in [0.25, 0.3) is 5.91 Å². The molecule has 2 N–H and O–H groups in total. The van der Waals surface area contributed by atoms with Gasteiger partial charge in [-0.25, -0.2) is 0 Å². The Hall–Kier alpha value is -2.62. The second kappa shape index (κ2) is 9.93. The molecule has 2 heterocycles. The van der Waals surface area contributed by atoms with Gasteiger partial charge in [-0.3, -0.25) is 14.4 Å². The van der Waals surface area contributed by atoms with Crippen LogP contribution in [0.2, 0.25) is 0 Å². The van der Waals surface area contributed by atoms with Crippen molar-refractivity contribution in [3.05, 3.63) is 28.8 Å². The number of piperidine rings is 1. The standard InChI is InChI=1S/C24H33F3N4O3/c1-5-20(32)29-9-10-31-19-12-17(21(33)30(4)16-7-6-8-28-14-16)18(24(25,26)27)11-15(19)13-23(2,3)22(31)34/h11-12,16,28H,5-10,13-14H2,1-4H3,(H,29,32)/t16-/m1/s1. The highest BCUT2D eigenvalue weighted by Crippen LogP contribution is 2.42. The van der Waals surface area contributed by atoms with Gasteiger partial charge in [0.05, 0.1) is 11.1 Å². The van der Waals surface area contributed by atoms with Crippen LogP contribution in [0.5, 0.6) is 0 Å². The summed E-state index contributed by atoms with van der Waals surface area (Å²) in [6.45, 7) is 6.66. The van der Waals surface area contributed by atoms with E-state index >= 15 is 0 Å². The maximum Gasteiger partial charge on any atom is 0.417 e. The third kappa shape index (κ3) is 5.37. The third-order valence-electron chi connectivity index (χ3n) is 6.62. The van der Waals surface area contributed by atoms with E-state index in [-0.39, 0.29) is 43.8 Å². The first-order valence-electron chi connectivity index (χ1n) is 11.7. The first kappa shape index (κ1) is 26.0. The van der Waals surface area contributed by atoms with E-state index in [0.29, 0.717) is 24.2 Å². The minimum Gasteiger partial charge on any atom is -0.354 e. The molecular weight excluding hydrogens is 449 g/mol. The summed E-state index contributed by atoms with van der Waals surface area (Å²) in [5.41, 5.74) is -1.72. The first-order valence-corrected chi connectivity index (χ1v) is 11.7. The van der Waals surface area contributed by atoms with Crippen molar-refractivity contribution < 1.29 is 27.6 Å². The van der Waals surface area contributed by atoms with E-state index in [1.165, 1.54) is 22.9 Å². The molecule has 1 saturated heterocycles. The van der Waals surface area contributed by atoms with Crippen molar-refractivity contribution in [2.75, 3.05) is 38.1 Å². The molecule has 1 aromatic rings. The van der Waals surface area contributed by atoms with Gasteiger partial charge in [-0.15, -0.1) is 0 Å². The lowest BCUT2D eigenvalue weighted by Gasteiger charge is -2.39. The number of anilines is 1. The molecule has 0 saturated carbocycles. The summed E-state index contributed by atoms with van der Waals surface area (Å²) in [6, 6.07) is 2.02. The average molecular weight is 483 g/mol. The lowest BCUT2D eigenvalue weighted by Crippen LogP contribution is -2.49. The number of carbonyl (C=O) groups excluding carboxylic acids is 3. The zero-order valence-corrected chi connectivity index (χ0v) is 20.1. The fraction of sp³-hybridized carbons (Fsp3) is 0.625. The Morgan fingerprint density at radius 1 is 1.29 bits per heavy atom. The molecular formula is C24H33F3N4O3. The van der Waals surface area contributed by atoms with Crippen LogP contribution in [0.3, 0.4) is 0 Å². The normalized spacial score (nSPS) is 20.0. The van der Waals surface area contributed by atoms with Crippen molar-refractivity contribution >= 4 is 23.4 Å². The monoisotopic (exact) mass is 482 g/mol. The molecule has 1 aromatic carbocycles. The fourth-order valence-electron chi connectivity index (χ4n) is 4.64. The van der Waals surface area contributed by atoms with Crippen LogP contribution >= 0.6 is 0 Å². The van der Waals surface area contributed by atoms with E-state index in [9.17, 15) is 27.6 Å². The van der Waals surface area contributed by atoms with Gasteiger partial charge in [-0.1, -0.05) is 20.8 Å². The van der Waals surface area contributed by atoms with E-state index in [2.05, 4.69) is 10.6 Å². The summed E-state index contributed by atoms with van der Waals surface area (Å²) in [6.07, 6.45) is -2.78. The molecule has 2 aliphatic rings. The van der Waals surface area contributed by atoms with Gasteiger partial charge in [0.1, 0.15) is 0 Å². The predicted molar refractivity (Wildman–Crippen MR) is 123 cm³/mol. The number of halogens is 3. The predicted octanol–water partition coefficient (Wildman–Crippen LogP) is 2.97. The van der Waals surface area contributed by atoms with Gasteiger partial charge in [-0.2, -0.15) is 13.2 Å². The van der Waals surface area contributed by atoms with Gasteiger partial charge >= 0.3 is 6.18 Å². The highest BCUT2D eigenvalue weighted by atomic mass is 19.4. The van der Waals surface area contributed by atoms with E-state index in [1.54, 1.807) is 20.8 Å². The largest absolute Gasteiger partial charge is 0.417 e. The summed E-state index contributed by atoms with van der Waals surface area (Å²) in [7, 11) is 1.52. The minimum atomic E-state index is -4.72. The van der Waals surface area contributed by atoms with E-state index in [0.717, 1.165) is 19.0 Å². The summed E-state index contributed by atoms with van der Waals surface area (Å²) >= 11 is 0. The van der Waals surface area contributed by atoms with Gasteiger partial charge in [0, 0.05) is 50.2 Å². The number of benzene rings is 1. The summed E-state index contributed by atoms with van der Waals surface area (Å²) in [5, 5.41) is 5.87. The van der Waals surface area contributed by atoms with Crippen LogP contribution in [0.1, 0.15) is 61.5 Å². The highest BCUT2D eigenvalue weighted by molar-refractivity contribution is 6.03. The Morgan fingerprint density at radius 3 is 2.59 bits per heavy atom. The van der Waals surface area contributed by atoms with Gasteiger partial charge in [-0.05, 0) is 43.5 Å². The van der Waals surface area contributed by atoms with Crippen molar-refractivity contribution in [2.24, 2.45) is 5.41 Å². The molecule has 0 aromatic heterocycles. The number of hydrogen-bond donors (Lipinski definition) is 2. The molecule has 2 aliphatic heterocycles. The second-order valence-electron chi connectivity index (χ2n) is 9.66. The molecule has 1 fully saturated rings. The van der Waals surface area contributed by atoms with Crippen LogP contribution in [0.25, 0.3) is 0 Å². The number of rotatable bonds is 6. The van der Waals surface area contributed by atoms with Crippen LogP contribution in [0, 0.1) is 5.41 Å². The van der Waals surface area contributed by atoms with Crippen LogP contribution in [0.15, 0.2) is 12.1 Å². The zero-order valence-electron chi connectivity index (χ0n) is 20.1. The lowest BCUT2D eigenvalue weighted by atomic mass is 9.79. The van der Waals surface area contributed by atoms with E-state index < -0.39 is 28.6 Å². The van der Waals surface area contributed by atoms with Gasteiger partial charge in [0.2, 0.25) is 11.8 Å². The second-order valence-corrected chi connectivity index (χ2v) is 9.66. The molecule has 3 rings (SSSR count). The van der Waals surface area contributed by atoms with Gasteiger partial charge < -0.3 is 20.4 Å². The Labute approximate surface area is 198 Å². The van der Waals surface area contributed by atoms with E-state index in [4.69, 9.17) is 0 Å². The van der Waals surface area contributed by atoms with Crippen molar-refractivity contribution in [1.29, 1.82) is 0 Å². The average Bonchev–Trinajstić information content (AvgIpc) is 2.79. The molecule has 0 spiro atoms. The number of alkyl halides is 3. The third-order valence-corrected chi connectivity index (χ3v) is 6.62. The summed E-state index contributed by atoms with van der Waals surface area (Å²) < 4.78 is 42.2. The molecule has 3 amide bonds. The number of hydrogen-bond acceptors (Lipinski definition) is 4. The topological polar surface area (TPSA) is 81.8 Å². The van der Waals surface area contributed by atoms with Crippen molar-refractivity contribution in [3.8, 4) is 0 Å². The van der Waals surface area contributed by atoms with Crippen LogP contribution in [-0.2, 0) is 22.2 Å². The smallest absolute Gasteiger partial charge is 0.354 e. The van der Waals surface area contributed by atoms with E-state index in [1.807, 2.05) is 0 Å². The molecule has 34 heavy (non-hydrogen) atoms. The number of nitrogens with zero attached hydrogens (tertiary/aromatic N) is 2. The number of likely N-dealkylation sites (N-methyl/N-ethyl adjacent to an activating group) is 1. The molecule has 7 nitrogen and oxygen atoms in total. The summed E-state index contributed by atoms with van der Waals surface area (Å²) in [5.74, 6) is -1.16. The summed E-state index contributed by atoms with van der Waals surface area (Å²) in [4.78, 5) is 40.9. The lowest BCUT2D eigenvalue weighted by molar-refractivity contribution is -0.138. The molecule has 1 atom stereocenters. The number of nitrogens with one attached hydrogen (secondary N) is 2.